The SMILES string of the molecule is COc1cc2c(c(O)c1OCC=C(C)C)c(=O)c1ccccc1n2C. The highest BCUT2D eigenvalue weighted by molar-refractivity contribution is 5.98. The molecule has 130 valence electrons. The number of hydrogen-bond donors (Lipinski definition) is 1. The van der Waals surface area contributed by atoms with Crippen molar-refractivity contribution in [2.24, 2.45) is 7.05 Å². The highest BCUT2D eigenvalue weighted by Gasteiger charge is 2.20. The number of methoxy groups -OCH3 is 1. The minimum absolute atomic E-state index is 0.180. The molecule has 0 bridgehead atoms. The molecule has 0 saturated carbocycles. The minimum Gasteiger partial charge on any atom is -0.504 e. The van der Waals surface area contributed by atoms with Gasteiger partial charge in [0.25, 0.3) is 0 Å². The summed E-state index contributed by atoms with van der Waals surface area (Å²) in [6.07, 6.45) is 1.89. The Morgan fingerprint density at radius 3 is 2.64 bits per heavy atom. The van der Waals surface area contributed by atoms with E-state index in [9.17, 15) is 9.90 Å². The van der Waals surface area contributed by atoms with Gasteiger partial charge < -0.3 is 19.1 Å². The summed E-state index contributed by atoms with van der Waals surface area (Å²) < 4.78 is 12.9. The molecule has 0 aliphatic heterocycles. The van der Waals surface area contributed by atoms with Crippen LogP contribution in [0.4, 0.5) is 0 Å². The Labute approximate surface area is 145 Å². The molecular formula is C20H21NO4. The van der Waals surface area contributed by atoms with Crippen LogP contribution in [-0.2, 0) is 7.05 Å². The molecule has 5 nitrogen and oxygen atoms in total. The summed E-state index contributed by atoms with van der Waals surface area (Å²) in [6.45, 7) is 4.21. The van der Waals surface area contributed by atoms with Crippen LogP contribution in [0, 0.1) is 0 Å². The molecule has 0 radical (unpaired) electrons. The van der Waals surface area contributed by atoms with Gasteiger partial charge in [0.2, 0.25) is 11.2 Å². The van der Waals surface area contributed by atoms with Crippen LogP contribution in [0.25, 0.3) is 21.8 Å². The van der Waals surface area contributed by atoms with E-state index in [0.29, 0.717) is 16.7 Å². The van der Waals surface area contributed by atoms with Crippen molar-refractivity contribution in [3.63, 3.8) is 0 Å². The zero-order valence-electron chi connectivity index (χ0n) is 14.8. The number of aromatic hydroxyl groups is 1. The maximum absolute atomic E-state index is 12.9. The molecule has 1 aromatic heterocycles. The van der Waals surface area contributed by atoms with E-state index in [1.807, 2.05) is 49.7 Å². The topological polar surface area (TPSA) is 60.7 Å². The first-order valence-corrected chi connectivity index (χ1v) is 8.03. The molecule has 0 unspecified atom stereocenters. The molecule has 0 atom stereocenters. The van der Waals surface area contributed by atoms with E-state index in [1.165, 1.54) is 7.11 Å². The molecule has 0 fully saturated rings. The average Bonchev–Trinajstić information content (AvgIpc) is 2.60. The predicted octanol–water partition coefficient (Wildman–Crippen LogP) is 3.75. The van der Waals surface area contributed by atoms with Crippen LogP contribution in [0.15, 0.2) is 46.8 Å². The predicted molar refractivity (Wildman–Crippen MR) is 99.8 cm³/mol. The summed E-state index contributed by atoms with van der Waals surface area (Å²) in [5.41, 5.74) is 2.25. The fourth-order valence-corrected chi connectivity index (χ4v) is 2.91. The van der Waals surface area contributed by atoms with Crippen molar-refractivity contribution in [1.82, 2.24) is 4.57 Å². The number of ether oxygens (including phenoxy) is 2. The molecule has 1 heterocycles. The largest absolute Gasteiger partial charge is 0.504 e. The fourth-order valence-electron chi connectivity index (χ4n) is 2.91. The Bertz CT molecular complexity index is 1040. The quantitative estimate of drug-likeness (QED) is 0.581. The van der Waals surface area contributed by atoms with Crippen LogP contribution in [-0.4, -0.2) is 23.4 Å². The van der Waals surface area contributed by atoms with E-state index in [-0.39, 0.29) is 28.9 Å². The van der Waals surface area contributed by atoms with E-state index in [1.54, 1.807) is 12.1 Å². The van der Waals surface area contributed by atoms with Gasteiger partial charge in [0.1, 0.15) is 6.61 Å². The molecule has 5 heteroatoms. The van der Waals surface area contributed by atoms with Gasteiger partial charge in [0.05, 0.1) is 23.5 Å². The molecule has 2 aromatic carbocycles. The number of hydrogen-bond acceptors (Lipinski definition) is 4. The van der Waals surface area contributed by atoms with Crippen LogP contribution in [0.3, 0.4) is 0 Å². The van der Waals surface area contributed by atoms with Crippen molar-refractivity contribution in [1.29, 1.82) is 0 Å². The standard InChI is InChI=1S/C20H21NO4/c1-12(2)9-10-25-20-16(24-4)11-15-17(19(20)23)18(22)13-7-5-6-8-14(13)21(15)3/h5-9,11,23H,10H2,1-4H3. The molecule has 3 aromatic rings. The first-order chi connectivity index (χ1) is 12.0. The van der Waals surface area contributed by atoms with Gasteiger partial charge >= 0.3 is 0 Å². The number of benzene rings is 2. The molecular weight excluding hydrogens is 318 g/mol. The number of phenolic OH excluding ortho intramolecular Hbond substituents is 1. The van der Waals surface area contributed by atoms with Crippen molar-refractivity contribution in [2.45, 2.75) is 13.8 Å². The summed E-state index contributed by atoms with van der Waals surface area (Å²) in [7, 11) is 3.36. The lowest BCUT2D eigenvalue weighted by Gasteiger charge is -2.16. The van der Waals surface area contributed by atoms with Crippen LogP contribution >= 0.6 is 0 Å². The maximum Gasteiger partial charge on any atom is 0.204 e. The Balaban J connectivity index is 2.34. The third-order valence-electron chi connectivity index (χ3n) is 4.24. The third kappa shape index (κ3) is 2.82. The lowest BCUT2D eigenvalue weighted by atomic mass is 10.1. The van der Waals surface area contributed by atoms with Crippen molar-refractivity contribution < 1.29 is 14.6 Å². The number of aryl methyl sites for hydroxylation is 1. The van der Waals surface area contributed by atoms with E-state index in [4.69, 9.17) is 9.47 Å². The van der Waals surface area contributed by atoms with Crippen molar-refractivity contribution in [3.8, 4) is 17.2 Å². The van der Waals surface area contributed by atoms with Crippen LogP contribution in [0.1, 0.15) is 13.8 Å². The first kappa shape index (κ1) is 16.9. The normalized spacial score (nSPS) is 10.9. The second-order valence-corrected chi connectivity index (χ2v) is 6.15. The third-order valence-corrected chi connectivity index (χ3v) is 4.24. The molecule has 0 aliphatic carbocycles. The van der Waals surface area contributed by atoms with Gasteiger partial charge in [-0.25, -0.2) is 0 Å². The summed E-state index contributed by atoms with van der Waals surface area (Å²) in [6, 6.07) is 9.04. The molecule has 1 N–H and O–H groups in total. The average molecular weight is 339 g/mol. The molecule has 0 spiro atoms. The van der Waals surface area contributed by atoms with E-state index in [2.05, 4.69) is 0 Å². The molecule has 0 amide bonds. The Morgan fingerprint density at radius 1 is 1.24 bits per heavy atom. The smallest absolute Gasteiger partial charge is 0.204 e. The molecule has 25 heavy (non-hydrogen) atoms. The van der Waals surface area contributed by atoms with Gasteiger partial charge in [0.15, 0.2) is 11.5 Å². The van der Waals surface area contributed by atoms with Crippen molar-refractivity contribution in [3.05, 3.63) is 52.2 Å². The van der Waals surface area contributed by atoms with Gasteiger partial charge in [-0.15, -0.1) is 0 Å². The van der Waals surface area contributed by atoms with Gasteiger partial charge in [-0.05, 0) is 32.1 Å². The summed E-state index contributed by atoms with van der Waals surface area (Å²) in [5, 5.41) is 11.5. The van der Waals surface area contributed by atoms with E-state index >= 15 is 0 Å². The van der Waals surface area contributed by atoms with Crippen molar-refractivity contribution in [2.75, 3.05) is 13.7 Å². The number of pyridine rings is 1. The summed E-state index contributed by atoms with van der Waals surface area (Å²) >= 11 is 0. The lowest BCUT2D eigenvalue weighted by Crippen LogP contribution is -2.10. The van der Waals surface area contributed by atoms with Crippen LogP contribution in [0.5, 0.6) is 17.2 Å². The highest BCUT2D eigenvalue weighted by Crippen LogP contribution is 2.42. The molecule has 3 rings (SSSR count). The van der Waals surface area contributed by atoms with E-state index in [0.717, 1.165) is 11.1 Å². The number of fused-ring (bicyclic) bond motifs is 2. The lowest BCUT2D eigenvalue weighted by molar-refractivity contribution is 0.308. The Hall–Kier alpha value is -2.95. The van der Waals surface area contributed by atoms with E-state index < -0.39 is 0 Å². The molecule has 0 aliphatic rings. The molecule has 0 saturated heterocycles. The first-order valence-electron chi connectivity index (χ1n) is 8.03. The fraction of sp³-hybridized carbons (Fsp3) is 0.250. The summed E-state index contributed by atoms with van der Waals surface area (Å²) in [5.74, 6) is 0.375. The van der Waals surface area contributed by atoms with Crippen LogP contribution < -0.4 is 14.9 Å². The van der Waals surface area contributed by atoms with Gasteiger partial charge in [-0.2, -0.15) is 0 Å². The number of phenols is 1. The number of aromatic nitrogens is 1. The monoisotopic (exact) mass is 339 g/mol. The van der Waals surface area contributed by atoms with Gasteiger partial charge in [-0.1, -0.05) is 17.7 Å². The highest BCUT2D eigenvalue weighted by atomic mass is 16.5. The maximum atomic E-state index is 12.9. The van der Waals surface area contributed by atoms with Crippen LogP contribution in [0.2, 0.25) is 0 Å². The second-order valence-electron chi connectivity index (χ2n) is 6.15. The number of rotatable bonds is 4. The second kappa shape index (κ2) is 6.51. The van der Waals surface area contributed by atoms with Crippen molar-refractivity contribution >= 4 is 21.8 Å². The van der Waals surface area contributed by atoms with Gasteiger partial charge in [0, 0.05) is 18.5 Å². The zero-order chi connectivity index (χ0) is 18.1. The zero-order valence-corrected chi connectivity index (χ0v) is 14.8. The summed E-state index contributed by atoms with van der Waals surface area (Å²) in [4.78, 5) is 12.9. The Kier molecular flexibility index (Phi) is 4.40. The number of para-hydroxylation sites is 1. The van der Waals surface area contributed by atoms with Gasteiger partial charge in [-0.3, -0.25) is 4.79 Å². The minimum atomic E-state index is -0.226. The number of nitrogens with zero attached hydrogens (tertiary/aromatic N) is 1. The Morgan fingerprint density at radius 2 is 1.96 bits per heavy atom. The number of allylic oxidation sites excluding steroid dienone is 1.